The van der Waals surface area contributed by atoms with E-state index in [1.807, 2.05) is 0 Å². The Bertz CT molecular complexity index is 641. The Morgan fingerprint density at radius 3 is 3.00 bits per heavy atom. The maximum Gasteiger partial charge on any atom is 0.417 e. The summed E-state index contributed by atoms with van der Waals surface area (Å²) in [5.74, 6) is -0.471. The van der Waals surface area contributed by atoms with Crippen molar-refractivity contribution in [3.05, 3.63) is 22.7 Å². The molecule has 0 saturated heterocycles. The predicted octanol–water partition coefficient (Wildman–Crippen LogP) is 2.07. The molecule has 1 aliphatic carbocycles. The van der Waals surface area contributed by atoms with Crippen LogP contribution in [0.3, 0.4) is 0 Å². The fourth-order valence-electron chi connectivity index (χ4n) is 2.63. The Morgan fingerprint density at radius 1 is 1.40 bits per heavy atom. The number of oxazole rings is 1. The van der Waals surface area contributed by atoms with E-state index in [9.17, 15) is 4.79 Å². The van der Waals surface area contributed by atoms with E-state index in [4.69, 9.17) is 14.9 Å². The van der Waals surface area contributed by atoms with Gasteiger partial charge in [0.2, 0.25) is 0 Å². The molecule has 1 aromatic heterocycles. The zero-order valence-corrected chi connectivity index (χ0v) is 11.3. The molecule has 20 heavy (non-hydrogen) atoms. The molecule has 6 heteroatoms. The lowest BCUT2D eigenvalue weighted by atomic mass is 10.2. The molecule has 0 amide bonds. The van der Waals surface area contributed by atoms with Crippen LogP contribution in [0.4, 0.5) is 11.4 Å². The average Bonchev–Trinajstić information content (AvgIpc) is 3.03. The van der Waals surface area contributed by atoms with Crippen LogP contribution in [0.15, 0.2) is 21.3 Å². The van der Waals surface area contributed by atoms with E-state index in [1.54, 1.807) is 12.1 Å². The van der Waals surface area contributed by atoms with Crippen molar-refractivity contribution in [3.8, 4) is 0 Å². The van der Waals surface area contributed by atoms with Crippen molar-refractivity contribution < 1.29 is 9.15 Å². The molecular formula is C14H19N3O3. The molecule has 1 fully saturated rings. The van der Waals surface area contributed by atoms with Gasteiger partial charge in [0, 0.05) is 12.6 Å². The summed E-state index contributed by atoms with van der Waals surface area (Å²) in [7, 11) is 0. The third kappa shape index (κ3) is 2.80. The van der Waals surface area contributed by atoms with Crippen LogP contribution < -0.4 is 16.8 Å². The van der Waals surface area contributed by atoms with E-state index < -0.39 is 5.76 Å². The number of H-pyrrole nitrogens is 1. The summed E-state index contributed by atoms with van der Waals surface area (Å²) in [6, 6.07) is 3.43. The number of hydrogen-bond donors (Lipinski definition) is 3. The Morgan fingerprint density at radius 2 is 2.20 bits per heavy atom. The quantitative estimate of drug-likeness (QED) is 0.574. The second-order valence-corrected chi connectivity index (χ2v) is 5.15. The van der Waals surface area contributed by atoms with E-state index in [-0.39, 0.29) is 0 Å². The molecule has 0 spiro atoms. The van der Waals surface area contributed by atoms with Gasteiger partial charge >= 0.3 is 5.76 Å². The molecule has 6 nitrogen and oxygen atoms in total. The van der Waals surface area contributed by atoms with Gasteiger partial charge in [0.25, 0.3) is 0 Å². The molecule has 0 bridgehead atoms. The van der Waals surface area contributed by atoms with Crippen molar-refractivity contribution in [2.75, 3.05) is 24.2 Å². The van der Waals surface area contributed by atoms with E-state index >= 15 is 0 Å². The first-order chi connectivity index (χ1) is 9.72. The van der Waals surface area contributed by atoms with Crippen molar-refractivity contribution in [2.24, 2.45) is 0 Å². The summed E-state index contributed by atoms with van der Waals surface area (Å²) < 4.78 is 10.7. The van der Waals surface area contributed by atoms with Gasteiger partial charge in [-0.05, 0) is 18.9 Å². The second kappa shape index (κ2) is 5.58. The molecule has 4 N–H and O–H groups in total. The summed E-state index contributed by atoms with van der Waals surface area (Å²) in [5.41, 5.74) is 8.37. The van der Waals surface area contributed by atoms with Crippen molar-refractivity contribution in [1.29, 1.82) is 0 Å². The Labute approximate surface area is 116 Å². The zero-order chi connectivity index (χ0) is 13.9. The second-order valence-electron chi connectivity index (χ2n) is 5.15. The van der Waals surface area contributed by atoms with E-state index in [2.05, 4.69) is 10.3 Å². The largest absolute Gasteiger partial charge is 0.417 e. The summed E-state index contributed by atoms with van der Waals surface area (Å²) in [4.78, 5) is 13.7. The number of benzene rings is 1. The lowest BCUT2D eigenvalue weighted by Gasteiger charge is -2.13. The normalized spacial score (nSPS) is 16.0. The third-order valence-electron chi connectivity index (χ3n) is 3.66. The number of aromatic amines is 1. The molecule has 2 aromatic rings. The molecule has 1 aliphatic rings. The van der Waals surface area contributed by atoms with Gasteiger partial charge in [-0.15, -0.1) is 0 Å². The topological polar surface area (TPSA) is 93.3 Å². The predicted molar refractivity (Wildman–Crippen MR) is 77.9 cm³/mol. The van der Waals surface area contributed by atoms with E-state index in [0.717, 1.165) is 5.69 Å². The van der Waals surface area contributed by atoms with Crippen LogP contribution in [0.5, 0.6) is 0 Å². The van der Waals surface area contributed by atoms with Crippen molar-refractivity contribution >= 4 is 22.5 Å². The molecule has 0 unspecified atom stereocenters. The van der Waals surface area contributed by atoms with Gasteiger partial charge in [0.1, 0.15) is 0 Å². The average molecular weight is 277 g/mol. The standard InChI is InChI=1S/C14H19N3O3/c15-10-7-13-12(17-14(18)20-13)8-11(10)16-5-6-19-9-3-1-2-4-9/h7-9,16H,1-6,15H2,(H,17,18). The SMILES string of the molecule is Nc1cc2oc(=O)[nH]c2cc1NCCOC1CCCC1. The van der Waals surface area contributed by atoms with Crippen LogP contribution in [0.1, 0.15) is 25.7 Å². The lowest BCUT2D eigenvalue weighted by Crippen LogP contribution is -2.15. The van der Waals surface area contributed by atoms with E-state index in [0.29, 0.717) is 36.0 Å². The molecular weight excluding hydrogens is 258 g/mol. The molecule has 0 atom stereocenters. The fourth-order valence-corrected chi connectivity index (χ4v) is 2.63. The summed E-state index contributed by atoms with van der Waals surface area (Å²) >= 11 is 0. The number of nitrogens with one attached hydrogen (secondary N) is 2. The zero-order valence-electron chi connectivity index (χ0n) is 11.3. The van der Waals surface area contributed by atoms with Gasteiger partial charge in [0.05, 0.1) is 29.6 Å². The van der Waals surface area contributed by atoms with Crippen LogP contribution in [0.2, 0.25) is 0 Å². The monoisotopic (exact) mass is 277 g/mol. The number of aromatic nitrogens is 1. The van der Waals surface area contributed by atoms with Crippen LogP contribution >= 0.6 is 0 Å². The molecule has 0 aliphatic heterocycles. The number of fused-ring (bicyclic) bond motifs is 1. The minimum atomic E-state index is -0.471. The maximum absolute atomic E-state index is 11.1. The van der Waals surface area contributed by atoms with Crippen molar-refractivity contribution in [1.82, 2.24) is 4.98 Å². The number of nitrogens with two attached hydrogens (primary N) is 1. The van der Waals surface area contributed by atoms with Crippen LogP contribution in [0, 0.1) is 0 Å². The number of ether oxygens (including phenoxy) is 1. The Hall–Kier alpha value is -1.95. The Balaban J connectivity index is 1.58. The Kier molecular flexibility index (Phi) is 3.64. The first-order valence-corrected chi connectivity index (χ1v) is 7.00. The lowest BCUT2D eigenvalue weighted by molar-refractivity contribution is 0.0659. The first kappa shape index (κ1) is 13.1. The van der Waals surface area contributed by atoms with Gasteiger partial charge in [-0.25, -0.2) is 4.79 Å². The van der Waals surface area contributed by atoms with Gasteiger partial charge in [-0.2, -0.15) is 0 Å². The molecule has 3 rings (SSSR count). The van der Waals surface area contributed by atoms with E-state index in [1.165, 1.54) is 25.7 Å². The smallest absolute Gasteiger partial charge is 0.408 e. The van der Waals surface area contributed by atoms with Crippen LogP contribution in [-0.2, 0) is 4.74 Å². The third-order valence-corrected chi connectivity index (χ3v) is 3.66. The molecule has 1 saturated carbocycles. The summed E-state index contributed by atoms with van der Waals surface area (Å²) in [6.07, 6.45) is 5.31. The number of anilines is 2. The fraction of sp³-hybridized carbons (Fsp3) is 0.500. The summed E-state index contributed by atoms with van der Waals surface area (Å²) in [5, 5.41) is 3.22. The van der Waals surface area contributed by atoms with Gasteiger partial charge in [-0.3, -0.25) is 4.98 Å². The van der Waals surface area contributed by atoms with Crippen molar-refractivity contribution in [2.45, 2.75) is 31.8 Å². The number of nitrogen functional groups attached to an aromatic ring is 1. The highest BCUT2D eigenvalue weighted by Crippen LogP contribution is 2.24. The molecule has 108 valence electrons. The minimum absolute atomic E-state index is 0.418. The summed E-state index contributed by atoms with van der Waals surface area (Å²) in [6.45, 7) is 1.35. The van der Waals surface area contributed by atoms with Gasteiger partial charge in [-0.1, -0.05) is 12.8 Å². The van der Waals surface area contributed by atoms with Crippen molar-refractivity contribution in [3.63, 3.8) is 0 Å². The molecule has 1 aromatic carbocycles. The molecule has 1 heterocycles. The highest BCUT2D eigenvalue weighted by Gasteiger charge is 2.14. The highest BCUT2D eigenvalue weighted by molar-refractivity contribution is 5.85. The number of hydrogen-bond acceptors (Lipinski definition) is 5. The van der Waals surface area contributed by atoms with Gasteiger partial charge < -0.3 is 20.2 Å². The van der Waals surface area contributed by atoms with Gasteiger partial charge in [0.15, 0.2) is 5.58 Å². The van der Waals surface area contributed by atoms with Crippen LogP contribution in [0.25, 0.3) is 11.1 Å². The minimum Gasteiger partial charge on any atom is -0.408 e. The molecule has 0 radical (unpaired) electrons. The number of rotatable bonds is 5. The highest BCUT2D eigenvalue weighted by atomic mass is 16.5. The maximum atomic E-state index is 11.1. The van der Waals surface area contributed by atoms with Crippen LogP contribution in [-0.4, -0.2) is 24.2 Å². The first-order valence-electron chi connectivity index (χ1n) is 7.00.